The van der Waals surface area contributed by atoms with E-state index in [0.717, 1.165) is 0 Å². The van der Waals surface area contributed by atoms with Crippen LogP contribution in [0, 0.1) is 0 Å². The summed E-state index contributed by atoms with van der Waals surface area (Å²) < 4.78 is 1.92. The third kappa shape index (κ3) is 3.97. The summed E-state index contributed by atoms with van der Waals surface area (Å²) in [4.78, 5) is 0. The molecule has 0 aliphatic heterocycles. The van der Waals surface area contributed by atoms with Crippen molar-refractivity contribution in [3.8, 4) is 0 Å². The largest absolute Gasteiger partial charge is 0.365 e. The van der Waals surface area contributed by atoms with E-state index in [2.05, 4.69) is 9.39 Å². The monoisotopic (exact) mass is 103 g/mol. The van der Waals surface area contributed by atoms with Gasteiger partial charge in [-0.2, -0.15) is 0 Å². The van der Waals surface area contributed by atoms with Gasteiger partial charge in [0.2, 0.25) is 0 Å². The van der Waals surface area contributed by atoms with E-state index in [9.17, 15) is 0 Å². The van der Waals surface area contributed by atoms with Crippen LogP contribution in [0.2, 0.25) is 0 Å². The van der Waals surface area contributed by atoms with E-state index in [4.69, 9.17) is 0 Å². The minimum atomic E-state index is 1.92. The van der Waals surface area contributed by atoms with Crippen molar-refractivity contribution in [2.45, 2.75) is 6.92 Å². The second kappa shape index (κ2) is 3.17. The quantitative estimate of drug-likeness (QED) is 0.451. The molecule has 0 radical (unpaired) electrons. The second-order valence-electron chi connectivity index (χ2n) is 1.15. The van der Waals surface area contributed by atoms with Crippen molar-refractivity contribution in [3.05, 3.63) is 12.3 Å². The zero-order valence-corrected chi connectivity index (χ0v) is 5.33. The van der Waals surface area contributed by atoms with Gasteiger partial charge in [-0.05, 0) is 22.5 Å². The van der Waals surface area contributed by atoms with Crippen LogP contribution in [0.1, 0.15) is 6.92 Å². The Labute approximate surface area is 41.3 Å². The lowest BCUT2D eigenvalue weighted by molar-refractivity contribution is 0.773. The van der Waals surface area contributed by atoms with Crippen molar-refractivity contribution in [2.75, 3.05) is 7.05 Å². The summed E-state index contributed by atoms with van der Waals surface area (Å²) in [6, 6.07) is 0. The minimum absolute atomic E-state index is 1.92. The van der Waals surface area contributed by atoms with Gasteiger partial charge in [0, 0.05) is 7.05 Å². The zero-order chi connectivity index (χ0) is 4.99. The van der Waals surface area contributed by atoms with Crippen molar-refractivity contribution >= 4 is 9.39 Å². The van der Waals surface area contributed by atoms with Gasteiger partial charge in [0.15, 0.2) is 0 Å². The van der Waals surface area contributed by atoms with Crippen LogP contribution in [-0.2, 0) is 0 Å². The zero-order valence-electron chi connectivity index (χ0n) is 4.18. The molecular weight excluding hydrogens is 93.0 g/mol. The van der Waals surface area contributed by atoms with Crippen molar-refractivity contribution in [2.24, 2.45) is 0 Å². The number of allylic oxidation sites excluding steroid dienone is 1. The number of hydrogen-bond acceptors (Lipinski definition) is 1. The molecule has 0 fully saturated rings. The summed E-state index contributed by atoms with van der Waals surface area (Å²) in [6.07, 6.45) is 3.94. The molecule has 0 spiro atoms. The lowest BCUT2D eigenvalue weighted by atomic mass is 10.7. The van der Waals surface area contributed by atoms with Gasteiger partial charge in [0.1, 0.15) is 0 Å². The molecular formula is C4H10NP. The normalized spacial score (nSPS) is 9.83. The molecule has 0 heterocycles. The Hall–Kier alpha value is -0.0300. The molecule has 0 N–H and O–H groups in total. The van der Waals surface area contributed by atoms with Gasteiger partial charge in [-0.1, -0.05) is 6.08 Å². The lowest BCUT2D eigenvalue weighted by Gasteiger charge is -1.99. The maximum absolute atomic E-state index is 2.52. The molecule has 0 rings (SSSR count). The van der Waals surface area contributed by atoms with Crippen molar-refractivity contribution in [1.29, 1.82) is 0 Å². The Morgan fingerprint density at radius 2 is 2.17 bits per heavy atom. The molecule has 0 saturated heterocycles. The van der Waals surface area contributed by atoms with Gasteiger partial charge in [0.05, 0.1) is 0 Å². The van der Waals surface area contributed by atoms with Crippen molar-refractivity contribution in [1.82, 2.24) is 4.67 Å². The molecule has 36 valence electrons. The average Bonchev–Trinajstić information content (AvgIpc) is 1.35. The van der Waals surface area contributed by atoms with Gasteiger partial charge in [-0.15, -0.1) is 0 Å². The van der Waals surface area contributed by atoms with E-state index >= 15 is 0 Å². The minimum Gasteiger partial charge on any atom is -0.365 e. The molecule has 0 saturated carbocycles. The molecule has 0 aliphatic carbocycles. The van der Waals surface area contributed by atoms with Crippen LogP contribution < -0.4 is 0 Å². The van der Waals surface area contributed by atoms with Gasteiger partial charge in [-0.3, -0.25) is 0 Å². The average molecular weight is 103 g/mol. The maximum atomic E-state index is 2.52. The SMILES string of the molecule is C/C=C\N(C)P. The smallest absolute Gasteiger partial charge is 0.00926 e. The fourth-order valence-corrected chi connectivity index (χ4v) is 0.407. The van der Waals surface area contributed by atoms with E-state index < -0.39 is 0 Å². The van der Waals surface area contributed by atoms with Gasteiger partial charge in [0.25, 0.3) is 0 Å². The van der Waals surface area contributed by atoms with Crippen LogP contribution in [0.4, 0.5) is 0 Å². The summed E-state index contributed by atoms with van der Waals surface area (Å²) >= 11 is 0. The van der Waals surface area contributed by atoms with Crippen molar-refractivity contribution in [3.63, 3.8) is 0 Å². The van der Waals surface area contributed by atoms with Crippen LogP contribution in [0.3, 0.4) is 0 Å². The summed E-state index contributed by atoms with van der Waals surface area (Å²) in [6.45, 7) is 1.99. The van der Waals surface area contributed by atoms with E-state index in [1.807, 2.05) is 30.9 Å². The predicted octanol–water partition coefficient (Wildman–Crippen LogP) is 1.24. The number of nitrogens with zero attached hydrogens (tertiary/aromatic N) is 1. The van der Waals surface area contributed by atoms with Gasteiger partial charge >= 0.3 is 0 Å². The highest BCUT2D eigenvalue weighted by atomic mass is 31.0. The van der Waals surface area contributed by atoms with Crippen molar-refractivity contribution < 1.29 is 0 Å². The topological polar surface area (TPSA) is 3.24 Å². The van der Waals surface area contributed by atoms with Gasteiger partial charge < -0.3 is 4.67 Å². The number of rotatable bonds is 1. The van der Waals surface area contributed by atoms with E-state index in [-0.39, 0.29) is 0 Å². The maximum Gasteiger partial charge on any atom is 0.00926 e. The van der Waals surface area contributed by atoms with Crippen LogP contribution in [0.25, 0.3) is 0 Å². The number of hydrogen-bond donors (Lipinski definition) is 0. The summed E-state index contributed by atoms with van der Waals surface area (Å²) in [5.41, 5.74) is 0. The first kappa shape index (κ1) is 5.97. The molecule has 0 aliphatic rings. The lowest BCUT2D eigenvalue weighted by Crippen LogP contribution is -1.87. The Balaban J connectivity index is 3.03. The van der Waals surface area contributed by atoms with E-state index in [1.54, 1.807) is 0 Å². The Bertz CT molecular complexity index is 49.5. The molecule has 0 aromatic rings. The highest BCUT2D eigenvalue weighted by Gasteiger charge is 1.66. The Morgan fingerprint density at radius 1 is 1.67 bits per heavy atom. The molecule has 6 heavy (non-hydrogen) atoms. The molecule has 1 nitrogen and oxygen atoms in total. The second-order valence-corrected chi connectivity index (χ2v) is 1.96. The molecule has 0 aromatic heterocycles. The van der Waals surface area contributed by atoms with E-state index in [1.165, 1.54) is 0 Å². The molecule has 0 aromatic carbocycles. The Kier molecular flexibility index (Phi) is 3.16. The summed E-state index contributed by atoms with van der Waals surface area (Å²) in [5.74, 6) is 0. The first-order chi connectivity index (χ1) is 2.77. The third-order valence-corrected chi connectivity index (χ3v) is 0.556. The first-order valence-corrected chi connectivity index (χ1v) is 2.39. The first-order valence-electron chi connectivity index (χ1n) is 1.87. The van der Waals surface area contributed by atoms with Crippen LogP contribution >= 0.6 is 9.39 Å². The Morgan fingerprint density at radius 3 is 2.17 bits per heavy atom. The van der Waals surface area contributed by atoms with Crippen LogP contribution in [-0.4, -0.2) is 11.7 Å². The summed E-state index contributed by atoms with van der Waals surface area (Å²) in [7, 11) is 4.49. The van der Waals surface area contributed by atoms with E-state index in [0.29, 0.717) is 0 Å². The fourth-order valence-electron chi connectivity index (χ4n) is 0.235. The molecule has 0 amide bonds. The molecule has 2 heteroatoms. The van der Waals surface area contributed by atoms with Crippen LogP contribution in [0.5, 0.6) is 0 Å². The summed E-state index contributed by atoms with van der Waals surface area (Å²) in [5, 5.41) is 0. The fraction of sp³-hybridized carbons (Fsp3) is 0.500. The molecule has 0 bridgehead atoms. The highest BCUT2D eigenvalue weighted by molar-refractivity contribution is 7.13. The molecule has 1 unspecified atom stereocenters. The van der Waals surface area contributed by atoms with Gasteiger partial charge in [-0.25, -0.2) is 0 Å². The predicted molar refractivity (Wildman–Crippen MR) is 32.3 cm³/mol. The standard InChI is InChI=1S/C4H10NP/c1-3-4-5(2)6/h3-4H,6H2,1-2H3/b4-3-. The highest BCUT2D eigenvalue weighted by Crippen LogP contribution is 1.89. The molecule has 1 atom stereocenters. The third-order valence-electron chi connectivity index (χ3n) is 0.384. The van der Waals surface area contributed by atoms with Crippen LogP contribution in [0.15, 0.2) is 12.3 Å².